The summed E-state index contributed by atoms with van der Waals surface area (Å²) in [6, 6.07) is 11.6. The zero-order valence-electron chi connectivity index (χ0n) is 16.3. The fraction of sp³-hybridized carbons (Fsp3) is 0.381. The maximum Gasteiger partial charge on any atom is 0.409 e. The van der Waals surface area contributed by atoms with Crippen LogP contribution in [0, 0.1) is 6.92 Å². The van der Waals surface area contributed by atoms with E-state index >= 15 is 0 Å². The summed E-state index contributed by atoms with van der Waals surface area (Å²) >= 11 is 0. The summed E-state index contributed by atoms with van der Waals surface area (Å²) in [6.07, 6.45) is 2.71. The highest BCUT2D eigenvalue weighted by Crippen LogP contribution is 2.16. The van der Waals surface area contributed by atoms with Gasteiger partial charge in [0, 0.05) is 31.0 Å². The van der Waals surface area contributed by atoms with Crippen molar-refractivity contribution in [1.29, 1.82) is 0 Å². The maximum atomic E-state index is 12.5. The van der Waals surface area contributed by atoms with Crippen molar-refractivity contribution < 1.29 is 14.3 Å². The summed E-state index contributed by atoms with van der Waals surface area (Å²) in [7, 11) is 0. The topological polar surface area (TPSA) is 83.6 Å². The molecule has 0 atom stereocenters. The molecule has 1 aliphatic heterocycles. The Balaban J connectivity index is 1.50. The van der Waals surface area contributed by atoms with Crippen molar-refractivity contribution in [3.63, 3.8) is 0 Å². The van der Waals surface area contributed by atoms with Crippen molar-refractivity contribution in [2.45, 2.75) is 32.7 Å². The van der Waals surface area contributed by atoms with Crippen LogP contribution in [0.3, 0.4) is 0 Å². The lowest BCUT2D eigenvalue weighted by Gasteiger charge is -2.31. The van der Waals surface area contributed by atoms with Gasteiger partial charge >= 0.3 is 6.09 Å². The predicted molar refractivity (Wildman–Crippen MR) is 108 cm³/mol. The molecule has 1 aromatic carbocycles. The van der Waals surface area contributed by atoms with Crippen LogP contribution >= 0.6 is 0 Å². The van der Waals surface area contributed by atoms with Crippen molar-refractivity contribution in [3.8, 4) is 0 Å². The first-order valence-electron chi connectivity index (χ1n) is 9.57. The van der Waals surface area contributed by atoms with Crippen LogP contribution in [0.1, 0.15) is 35.7 Å². The lowest BCUT2D eigenvalue weighted by atomic mass is 10.0. The number of carbonyl (C=O) groups is 2. The van der Waals surface area contributed by atoms with Gasteiger partial charge in [0.1, 0.15) is 5.82 Å². The number of likely N-dealkylation sites (tertiary alicyclic amines) is 1. The second kappa shape index (κ2) is 9.21. The average Bonchev–Trinajstić information content (AvgIpc) is 2.71. The van der Waals surface area contributed by atoms with E-state index in [0.29, 0.717) is 43.9 Å². The molecule has 3 rings (SSSR count). The highest BCUT2D eigenvalue weighted by Gasteiger charge is 2.24. The summed E-state index contributed by atoms with van der Waals surface area (Å²) in [4.78, 5) is 30.2. The van der Waals surface area contributed by atoms with Crippen LogP contribution in [0.2, 0.25) is 0 Å². The molecule has 1 saturated heterocycles. The van der Waals surface area contributed by atoms with Crippen LogP contribution in [0.25, 0.3) is 0 Å². The van der Waals surface area contributed by atoms with Gasteiger partial charge in [0.05, 0.1) is 12.2 Å². The van der Waals surface area contributed by atoms with Gasteiger partial charge in [-0.1, -0.05) is 17.7 Å². The Bertz CT molecular complexity index is 797. The number of aryl methyl sites for hydroxylation is 1. The number of benzene rings is 1. The monoisotopic (exact) mass is 382 g/mol. The quantitative estimate of drug-likeness (QED) is 0.827. The highest BCUT2D eigenvalue weighted by molar-refractivity contribution is 5.94. The molecule has 0 bridgehead atoms. The summed E-state index contributed by atoms with van der Waals surface area (Å²) in [5, 5.41) is 6.24. The van der Waals surface area contributed by atoms with Crippen molar-refractivity contribution in [2.24, 2.45) is 0 Å². The molecule has 1 fully saturated rings. The molecule has 2 amide bonds. The molecule has 2 heterocycles. The number of nitrogens with zero attached hydrogens (tertiary/aromatic N) is 2. The second-order valence-corrected chi connectivity index (χ2v) is 6.86. The number of anilines is 2. The van der Waals surface area contributed by atoms with Crippen LogP contribution in [0.4, 0.5) is 16.3 Å². The molecular formula is C21H26N4O3. The molecule has 0 aliphatic carbocycles. The molecule has 2 aromatic rings. The molecule has 7 nitrogen and oxygen atoms in total. The minimum absolute atomic E-state index is 0.0449. The minimum Gasteiger partial charge on any atom is -0.450 e. The second-order valence-electron chi connectivity index (χ2n) is 6.86. The number of pyridine rings is 1. The van der Waals surface area contributed by atoms with Crippen LogP contribution < -0.4 is 10.6 Å². The van der Waals surface area contributed by atoms with Crippen LogP contribution in [0.5, 0.6) is 0 Å². The lowest BCUT2D eigenvalue weighted by molar-refractivity contribution is 0.0860. The molecule has 0 saturated carbocycles. The van der Waals surface area contributed by atoms with Gasteiger partial charge in [-0.2, -0.15) is 0 Å². The van der Waals surface area contributed by atoms with Gasteiger partial charge in [-0.05, 0) is 51.0 Å². The average molecular weight is 382 g/mol. The summed E-state index contributed by atoms with van der Waals surface area (Å²) in [5.74, 6) is 0.534. The van der Waals surface area contributed by atoms with Crippen LogP contribution in [-0.2, 0) is 4.74 Å². The summed E-state index contributed by atoms with van der Waals surface area (Å²) in [6.45, 7) is 5.37. The van der Waals surface area contributed by atoms with Gasteiger partial charge in [-0.15, -0.1) is 0 Å². The first-order valence-corrected chi connectivity index (χ1v) is 9.57. The highest BCUT2D eigenvalue weighted by atomic mass is 16.6. The molecular weight excluding hydrogens is 356 g/mol. The van der Waals surface area contributed by atoms with Crippen molar-refractivity contribution in [2.75, 3.05) is 25.0 Å². The fourth-order valence-electron chi connectivity index (χ4n) is 3.08. The van der Waals surface area contributed by atoms with Crippen molar-refractivity contribution in [1.82, 2.24) is 15.2 Å². The van der Waals surface area contributed by atoms with E-state index in [0.717, 1.165) is 5.69 Å². The van der Waals surface area contributed by atoms with E-state index in [-0.39, 0.29) is 18.0 Å². The Morgan fingerprint density at radius 1 is 1.14 bits per heavy atom. The number of nitrogens with one attached hydrogen (secondary N) is 2. The summed E-state index contributed by atoms with van der Waals surface area (Å²) < 4.78 is 5.01. The Morgan fingerprint density at radius 2 is 1.86 bits per heavy atom. The smallest absolute Gasteiger partial charge is 0.409 e. The number of rotatable bonds is 5. The number of hydrogen-bond donors (Lipinski definition) is 2. The van der Waals surface area contributed by atoms with Gasteiger partial charge in [0.15, 0.2) is 0 Å². The Morgan fingerprint density at radius 3 is 2.46 bits per heavy atom. The molecule has 0 spiro atoms. The zero-order chi connectivity index (χ0) is 19.9. The number of aromatic nitrogens is 1. The molecule has 0 radical (unpaired) electrons. The number of piperidine rings is 1. The predicted octanol–water partition coefficient (Wildman–Crippen LogP) is 3.48. The molecule has 28 heavy (non-hydrogen) atoms. The SMILES string of the molecule is CCOC(=O)N1CCC(NC(=O)c2ccc(Nc3ccc(C)cc3)nc2)CC1. The largest absolute Gasteiger partial charge is 0.450 e. The minimum atomic E-state index is -0.284. The number of carbonyl (C=O) groups excluding carboxylic acids is 2. The standard InChI is InChI=1S/C21H26N4O3/c1-3-28-21(27)25-12-10-18(11-13-25)24-20(26)16-6-9-19(22-14-16)23-17-7-4-15(2)5-8-17/h4-9,14,18H,3,10-13H2,1-2H3,(H,22,23)(H,24,26). The fourth-order valence-corrected chi connectivity index (χ4v) is 3.08. The number of amides is 2. The van der Waals surface area contributed by atoms with E-state index < -0.39 is 0 Å². The van der Waals surface area contributed by atoms with E-state index in [1.54, 1.807) is 30.2 Å². The van der Waals surface area contributed by atoms with Gasteiger partial charge in [0.2, 0.25) is 0 Å². The van der Waals surface area contributed by atoms with Crippen LogP contribution in [0.15, 0.2) is 42.6 Å². The third-order valence-electron chi connectivity index (χ3n) is 4.71. The summed E-state index contributed by atoms with van der Waals surface area (Å²) in [5.41, 5.74) is 2.66. The van der Waals surface area contributed by atoms with E-state index in [1.807, 2.05) is 31.2 Å². The number of hydrogen-bond acceptors (Lipinski definition) is 5. The molecule has 7 heteroatoms. The molecule has 1 aliphatic rings. The third-order valence-corrected chi connectivity index (χ3v) is 4.71. The van der Waals surface area contributed by atoms with Crippen molar-refractivity contribution >= 4 is 23.5 Å². The normalized spacial score (nSPS) is 14.4. The van der Waals surface area contributed by atoms with Crippen LogP contribution in [-0.4, -0.2) is 47.6 Å². The van der Waals surface area contributed by atoms with Gasteiger partial charge in [0.25, 0.3) is 5.91 Å². The zero-order valence-corrected chi connectivity index (χ0v) is 16.3. The molecule has 2 N–H and O–H groups in total. The van der Waals surface area contributed by atoms with E-state index in [4.69, 9.17) is 4.74 Å². The Labute approximate surface area is 165 Å². The van der Waals surface area contributed by atoms with Gasteiger partial charge < -0.3 is 20.3 Å². The Hall–Kier alpha value is -3.09. The third kappa shape index (κ3) is 5.22. The first-order chi connectivity index (χ1) is 13.5. The Kier molecular flexibility index (Phi) is 6.47. The van der Waals surface area contributed by atoms with E-state index in [2.05, 4.69) is 15.6 Å². The first kappa shape index (κ1) is 19.7. The molecule has 0 unspecified atom stereocenters. The molecule has 1 aromatic heterocycles. The van der Waals surface area contributed by atoms with E-state index in [9.17, 15) is 9.59 Å². The lowest BCUT2D eigenvalue weighted by Crippen LogP contribution is -2.46. The van der Waals surface area contributed by atoms with E-state index in [1.165, 1.54) is 5.56 Å². The molecule has 148 valence electrons. The van der Waals surface area contributed by atoms with Crippen molar-refractivity contribution in [3.05, 3.63) is 53.7 Å². The van der Waals surface area contributed by atoms with Gasteiger partial charge in [-0.3, -0.25) is 4.79 Å². The number of ether oxygens (including phenoxy) is 1. The van der Waals surface area contributed by atoms with Gasteiger partial charge in [-0.25, -0.2) is 9.78 Å². The maximum absolute atomic E-state index is 12.5.